The second kappa shape index (κ2) is 6.85. The lowest BCUT2D eigenvalue weighted by atomic mass is 10.2. The smallest absolute Gasteiger partial charge is 0.333 e. The Hall–Kier alpha value is -1.62. The third-order valence-corrected chi connectivity index (χ3v) is 2.10. The molecule has 0 aliphatic carbocycles. The third-order valence-electron chi connectivity index (χ3n) is 2.10. The molecular weight excluding hydrogens is 224 g/mol. The molecule has 1 fully saturated rings. The van der Waals surface area contributed by atoms with E-state index in [9.17, 15) is 9.59 Å². The van der Waals surface area contributed by atoms with Crippen LogP contribution in [-0.2, 0) is 23.8 Å². The van der Waals surface area contributed by atoms with Crippen LogP contribution in [0, 0.1) is 0 Å². The summed E-state index contributed by atoms with van der Waals surface area (Å²) in [6.07, 6.45) is 2.19. The van der Waals surface area contributed by atoms with Crippen molar-refractivity contribution in [2.24, 2.45) is 0 Å². The molecule has 0 aromatic carbocycles. The van der Waals surface area contributed by atoms with Crippen LogP contribution in [0.4, 0.5) is 0 Å². The normalized spacial score (nSPS) is 17.1. The van der Waals surface area contributed by atoms with Gasteiger partial charge in [-0.1, -0.05) is 13.2 Å². The predicted molar refractivity (Wildman–Crippen MR) is 60.2 cm³/mol. The van der Waals surface area contributed by atoms with Crippen LogP contribution in [0.15, 0.2) is 24.8 Å². The van der Waals surface area contributed by atoms with Gasteiger partial charge in [0.05, 0.1) is 25.9 Å². The molecule has 0 aromatic rings. The maximum absolute atomic E-state index is 11.4. The zero-order valence-electron chi connectivity index (χ0n) is 9.65. The van der Waals surface area contributed by atoms with Crippen molar-refractivity contribution in [2.45, 2.75) is 18.9 Å². The van der Waals surface area contributed by atoms with Crippen LogP contribution in [0.25, 0.3) is 0 Å². The Labute approximate surface area is 100 Å². The van der Waals surface area contributed by atoms with Crippen molar-refractivity contribution in [2.75, 3.05) is 19.8 Å². The van der Waals surface area contributed by atoms with Crippen LogP contribution in [0.3, 0.4) is 0 Å². The Morgan fingerprint density at radius 1 is 1.35 bits per heavy atom. The molecule has 0 radical (unpaired) electrons. The first-order valence-electron chi connectivity index (χ1n) is 5.39. The molecule has 0 N–H and O–H groups in total. The van der Waals surface area contributed by atoms with Crippen LogP contribution in [0.1, 0.15) is 12.8 Å². The molecule has 5 nitrogen and oxygen atoms in total. The molecule has 94 valence electrons. The lowest BCUT2D eigenvalue weighted by Crippen LogP contribution is -2.12. The molecule has 0 aromatic heterocycles. The van der Waals surface area contributed by atoms with Gasteiger partial charge < -0.3 is 14.2 Å². The van der Waals surface area contributed by atoms with E-state index in [-0.39, 0.29) is 19.3 Å². The highest BCUT2D eigenvalue weighted by Crippen LogP contribution is 2.18. The van der Waals surface area contributed by atoms with E-state index in [1.165, 1.54) is 0 Å². The Morgan fingerprint density at radius 3 is 2.59 bits per heavy atom. The van der Waals surface area contributed by atoms with Gasteiger partial charge in [-0.2, -0.15) is 0 Å². The van der Waals surface area contributed by atoms with Gasteiger partial charge in [0.1, 0.15) is 0 Å². The molecule has 1 saturated heterocycles. The van der Waals surface area contributed by atoms with Crippen molar-refractivity contribution in [3.8, 4) is 0 Å². The van der Waals surface area contributed by atoms with Gasteiger partial charge in [0.15, 0.2) is 0 Å². The average molecular weight is 240 g/mol. The second-order valence-electron chi connectivity index (χ2n) is 3.62. The summed E-state index contributed by atoms with van der Waals surface area (Å²) in [6.45, 7) is 7.97. The minimum atomic E-state index is -0.480. The Kier molecular flexibility index (Phi) is 5.42. The number of carbonyl (C=O) groups excluding carboxylic acids is 2. The van der Waals surface area contributed by atoms with Crippen molar-refractivity contribution >= 4 is 11.9 Å². The monoisotopic (exact) mass is 240 g/mol. The summed E-state index contributed by atoms with van der Waals surface area (Å²) in [6, 6.07) is 0. The van der Waals surface area contributed by atoms with E-state index < -0.39 is 11.9 Å². The first-order chi connectivity index (χ1) is 8.13. The van der Waals surface area contributed by atoms with Gasteiger partial charge in [-0.15, -0.1) is 0 Å². The molecule has 0 spiro atoms. The second-order valence-corrected chi connectivity index (χ2v) is 3.62. The summed E-state index contributed by atoms with van der Waals surface area (Å²) in [5.41, 5.74) is 0.413. The van der Waals surface area contributed by atoms with Gasteiger partial charge in [-0.25, -0.2) is 9.59 Å². The van der Waals surface area contributed by atoms with E-state index in [0.29, 0.717) is 25.0 Å². The van der Waals surface area contributed by atoms with E-state index in [1.807, 2.05) is 0 Å². The molecule has 1 aliphatic heterocycles. The van der Waals surface area contributed by atoms with Gasteiger partial charge in [0, 0.05) is 24.5 Å². The molecule has 1 heterocycles. The number of rotatable bonds is 8. The van der Waals surface area contributed by atoms with Gasteiger partial charge >= 0.3 is 11.9 Å². The Bertz CT molecular complexity index is 317. The molecule has 17 heavy (non-hydrogen) atoms. The third kappa shape index (κ3) is 5.87. The van der Waals surface area contributed by atoms with Crippen LogP contribution in [0.2, 0.25) is 0 Å². The molecule has 0 amide bonds. The number of esters is 2. The van der Waals surface area contributed by atoms with Gasteiger partial charge in [0.25, 0.3) is 0 Å². The quantitative estimate of drug-likeness (QED) is 0.274. The zero-order chi connectivity index (χ0) is 12.7. The lowest BCUT2D eigenvalue weighted by molar-refractivity contribution is -0.141. The Balaban J connectivity index is 2.01. The van der Waals surface area contributed by atoms with Crippen molar-refractivity contribution in [1.82, 2.24) is 0 Å². The summed E-state index contributed by atoms with van der Waals surface area (Å²) in [5, 5.41) is 0. The lowest BCUT2D eigenvalue weighted by Gasteiger charge is -2.06. The van der Waals surface area contributed by atoms with E-state index in [0.717, 1.165) is 6.08 Å². The number of epoxide rings is 1. The minimum absolute atomic E-state index is 0.128. The maximum Gasteiger partial charge on any atom is 0.333 e. The van der Waals surface area contributed by atoms with Crippen LogP contribution < -0.4 is 0 Å². The molecule has 1 rings (SSSR count). The van der Waals surface area contributed by atoms with Crippen molar-refractivity contribution in [3.63, 3.8) is 0 Å². The molecule has 0 saturated carbocycles. The fourth-order valence-electron chi connectivity index (χ4n) is 1.10. The molecule has 0 bridgehead atoms. The van der Waals surface area contributed by atoms with Crippen LogP contribution in [-0.4, -0.2) is 37.9 Å². The molecule has 1 unspecified atom stereocenters. The molecule has 5 heteroatoms. The number of hydrogen-bond donors (Lipinski definition) is 0. The SMILES string of the molecule is C=CC(=O)OCCCOC(=O)C(=C)CC1CO1. The summed E-state index contributed by atoms with van der Waals surface area (Å²) in [4.78, 5) is 22.0. The number of ether oxygens (including phenoxy) is 3. The van der Waals surface area contributed by atoms with E-state index in [2.05, 4.69) is 13.2 Å². The van der Waals surface area contributed by atoms with E-state index >= 15 is 0 Å². The van der Waals surface area contributed by atoms with Gasteiger partial charge in [-0.05, 0) is 0 Å². The maximum atomic E-state index is 11.4. The fraction of sp³-hybridized carbons (Fsp3) is 0.500. The standard InChI is InChI=1S/C12H16O5/c1-3-11(13)15-5-4-6-16-12(14)9(2)7-10-8-17-10/h3,10H,1-2,4-8H2. The fourth-order valence-corrected chi connectivity index (χ4v) is 1.10. The molecule has 1 aliphatic rings. The highest BCUT2D eigenvalue weighted by molar-refractivity contribution is 5.87. The Morgan fingerprint density at radius 2 is 2.00 bits per heavy atom. The molecule has 1 atom stereocenters. The minimum Gasteiger partial charge on any atom is -0.462 e. The van der Waals surface area contributed by atoms with Gasteiger partial charge in [-0.3, -0.25) is 0 Å². The predicted octanol–water partition coefficient (Wildman–Crippen LogP) is 0.994. The number of carbonyl (C=O) groups is 2. The van der Waals surface area contributed by atoms with Crippen molar-refractivity contribution < 1.29 is 23.8 Å². The summed E-state index contributed by atoms with van der Waals surface area (Å²) in [5.74, 6) is -0.901. The van der Waals surface area contributed by atoms with Crippen LogP contribution in [0.5, 0.6) is 0 Å². The summed E-state index contributed by atoms with van der Waals surface area (Å²) in [7, 11) is 0. The van der Waals surface area contributed by atoms with Crippen molar-refractivity contribution in [3.05, 3.63) is 24.8 Å². The van der Waals surface area contributed by atoms with E-state index in [1.54, 1.807) is 0 Å². The highest BCUT2D eigenvalue weighted by Gasteiger charge is 2.25. The molecular formula is C12H16O5. The topological polar surface area (TPSA) is 65.1 Å². The average Bonchev–Trinajstić information content (AvgIpc) is 3.11. The van der Waals surface area contributed by atoms with Crippen LogP contribution >= 0.6 is 0 Å². The summed E-state index contributed by atoms with van der Waals surface area (Å²) >= 11 is 0. The number of hydrogen-bond acceptors (Lipinski definition) is 5. The van der Waals surface area contributed by atoms with E-state index in [4.69, 9.17) is 14.2 Å². The first-order valence-corrected chi connectivity index (χ1v) is 5.39. The largest absolute Gasteiger partial charge is 0.462 e. The van der Waals surface area contributed by atoms with Gasteiger partial charge in [0.2, 0.25) is 0 Å². The highest BCUT2D eigenvalue weighted by atomic mass is 16.6. The first kappa shape index (κ1) is 13.4. The summed E-state index contributed by atoms with van der Waals surface area (Å²) < 4.78 is 14.6. The zero-order valence-corrected chi connectivity index (χ0v) is 9.65. The van der Waals surface area contributed by atoms with Crippen molar-refractivity contribution in [1.29, 1.82) is 0 Å².